The minimum atomic E-state index is -0.390. The minimum absolute atomic E-state index is 0.0982. The van der Waals surface area contributed by atoms with Gasteiger partial charge in [0.25, 0.3) is 0 Å². The van der Waals surface area contributed by atoms with Crippen LogP contribution in [0.3, 0.4) is 0 Å². The lowest BCUT2D eigenvalue weighted by atomic mass is 10.0. The van der Waals surface area contributed by atoms with Crippen LogP contribution in [0.2, 0.25) is 0 Å². The van der Waals surface area contributed by atoms with E-state index in [9.17, 15) is 4.79 Å². The molecule has 0 saturated heterocycles. The maximum atomic E-state index is 11.5. The molecule has 0 heterocycles. The van der Waals surface area contributed by atoms with Crippen molar-refractivity contribution in [3.05, 3.63) is 0 Å². The Hall–Kier alpha value is -0.570. The highest BCUT2D eigenvalue weighted by Gasteiger charge is 2.37. The number of nitrogens with two attached hydrogens (primary N) is 1. The van der Waals surface area contributed by atoms with Gasteiger partial charge in [0.15, 0.2) is 0 Å². The molecule has 0 aliphatic heterocycles. The number of hydrogen-bond acceptors (Lipinski definition) is 2. The standard InChI is InChI=1S/C11H22N2O/c1-4-5-8-6-9(8)13-10(14)7-11(2,3)12/h8-9H,4-7,12H2,1-3H3,(H,13,14). The lowest BCUT2D eigenvalue weighted by Gasteiger charge is -2.17. The molecule has 2 unspecified atom stereocenters. The van der Waals surface area contributed by atoms with Crippen LogP contribution in [0.25, 0.3) is 0 Å². The molecule has 82 valence electrons. The first-order chi connectivity index (χ1) is 6.42. The van der Waals surface area contributed by atoms with Crippen molar-refractivity contribution >= 4 is 5.91 Å². The Labute approximate surface area is 86.4 Å². The predicted octanol–water partition coefficient (Wildman–Crippen LogP) is 1.42. The summed E-state index contributed by atoms with van der Waals surface area (Å²) in [4.78, 5) is 11.5. The third kappa shape index (κ3) is 4.09. The number of amides is 1. The molecule has 0 spiro atoms. The molecule has 2 atom stereocenters. The summed E-state index contributed by atoms with van der Waals surface area (Å²) in [6.45, 7) is 5.94. The van der Waals surface area contributed by atoms with Crippen molar-refractivity contribution in [3.8, 4) is 0 Å². The molecule has 0 aromatic rings. The van der Waals surface area contributed by atoms with E-state index in [0.717, 1.165) is 12.3 Å². The van der Waals surface area contributed by atoms with Crippen LogP contribution in [0.15, 0.2) is 0 Å². The first kappa shape index (κ1) is 11.5. The van der Waals surface area contributed by atoms with Crippen LogP contribution in [0.5, 0.6) is 0 Å². The van der Waals surface area contributed by atoms with E-state index in [-0.39, 0.29) is 11.4 Å². The molecule has 0 aromatic carbocycles. The zero-order valence-corrected chi connectivity index (χ0v) is 9.47. The number of hydrogen-bond donors (Lipinski definition) is 2. The Morgan fingerprint density at radius 3 is 2.71 bits per heavy atom. The van der Waals surface area contributed by atoms with Gasteiger partial charge < -0.3 is 11.1 Å². The van der Waals surface area contributed by atoms with E-state index in [1.165, 1.54) is 12.8 Å². The molecule has 0 bridgehead atoms. The summed E-state index contributed by atoms with van der Waals surface area (Å²) in [5.41, 5.74) is 5.38. The molecule has 1 saturated carbocycles. The molecule has 1 rings (SSSR count). The average molecular weight is 198 g/mol. The highest BCUT2D eigenvalue weighted by molar-refractivity contribution is 5.77. The van der Waals surface area contributed by atoms with Crippen LogP contribution in [0, 0.1) is 5.92 Å². The van der Waals surface area contributed by atoms with Gasteiger partial charge in [-0.1, -0.05) is 13.3 Å². The monoisotopic (exact) mass is 198 g/mol. The molecular formula is C11H22N2O. The van der Waals surface area contributed by atoms with Crippen molar-refractivity contribution in [3.63, 3.8) is 0 Å². The maximum absolute atomic E-state index is 11.5. The summed E-state index contributed by atoms with van der Waals surface area (Å²) in [5, 5.41) is 3.03. The average Bonchev–Trinajstić information content (AvgIpc) is 2.63. The van der Waals surface area contributed by atoms with E-state index in [1.807, 2.05) is 13.8 Å². The van der Waals surface area contributed by atoms with Crippen LogP contribution in [-0.2, 0) is 4.79 Å². The van der Waals surface area contributed by atoms with Gasteiger partial charge in [0.2, 0.25) is 5.91 Å². The Morgan fingerprint density at radius 1 is 1.57 bits per heavy atom. The summed E-state index contributed by atoms with van der Waals surface area (Å²) < 4.78 is 0. The molecular weight excluding hydrogens is 176 g/mol. The Balaban J connectivity index is 2.17. The summed E-state index contributed by atoms with van der Waals surface area (Å²) in [5.74, 6) is 0.825. The molecule has 14 heavy (non-hydrogen) atoms. The molecule has 1 amide bonds. The largest absolute Gasteiger partial charge is 0.353 e. The molecule has 1 aliphatic carbocycles. The quantitative estimate of drug-likeness (QED) is 0.702. The van der Waals surface area contributed by atoms with Crippen molar-refractivity contribution in [1.82, 2.24) is 5.32 Å². The number of nitrogens with one attached hydrogen (secondary N) is 1. The van der Waals surface area contributed by atoms with Gasteiger partial charge in [-0.05, 0) is 32.6 Å². The SMILES string of the molecule is CCCC1CC1NC(=O)CC(C)(C)N. The predicted molar refractivity (Wildman–Crippen MR) is 57.8 cm³/mol. The van der Waals surface area contributed by atoms with E-state index >= 15 is 0 Å². The highest BCUT2D eigenvalue weighted by Crippen LogP contribution is 2.34. The first-order valence-corrected chi connectivity index (χ1v) is 5.50. The van der Waals surface area contributed by atoms with Crippen molar-refractivity contribution < 1.29 is 4.79 Å². The second-order valence-corrected chi connectivity index (χ2v) is 5.12. The smallest absolute Gasteiger partial charge is 0.222 e. The summed E-state index contributed by atoms with van der Waals surface area (Å²) in [6.07, 6.45) is 4.02. The van der Waals surface area contributed by atoms with Gasteiger partial charge in [0.05, 0.1) is 0 Å². The minimum Gasteiger partial charge on any atom is -0.353 e. The van der Waals surface area contributed by atoms with Gasteiger partial charge in [0, 0.05) is 18.0 Å². The van der Waals surface area contributed by atoms with Gasteiger partial charge >= 0.3 is 0 Å². The number of carbonyl (C=O) groups excluding carboxylic acids is 1. The van der Waals surface area contributed by atoms with Crippen LogP contribution >= 0.6 is 0 Å². The van der Waals surface area contributed by atoms with Gasteiger partial charge in [-0.2, -0.15) is 0 Å². The molecule has 3 N–H and O–H groups in total. The van der Waals surface area contributed by atoms with Crippen LogP contribution in [0.1, 0.15) is 46.5 Å². The Morgan fingerprint density at radius 2 is 2.21 bits per heavy atom. The van der Waals surface area contributed by atoms with E-state index in [2.05, 4.69) is 12.2 Å². The van der Waals surface area contributed by atoms with Gasteiger partial charge in [-0.15, -0.1) is 0 Å². The van der Waals surface area contributed by atoms with Crippen molar-refractivity contribution in [1.29, 1.82) is 0 Å². The van der Waals surface area contributed by atoms with Crippen LogP contribution < -0.4 is 11.1 Å². The normalized spacial score (nSPS) is 26.0. The highest BCUT2D eigenvalue weighted by atomic mass is 16.1. The summed E-state index contributed by atoms with van der Waals surface area (Å²) >= 11 is 0. The number of carbonyl (C=O) groups is 1. The Bertz CT molecular complexity index is 208. The first-order valence-electron chi connectivity index (χ1n) is 5.50. The van der Waals surface area contributed by atoms with Gasteiger partial charge in [0.1, 0.15) is 0 Å². The fourth-order valence-corrected chi connectivity index (χ4v) is 1.79. The van der Waals surface area contributed by atoms with E-state index in [0.29, 0.717) is 12.5 Å². The molecule has 3 heteroatoms. The summed E-state index contributed by atoms with van der Waals surface area (Å²) in [7, 11) is 0. The lowest BCUT2D eigenvalue weighted by molar-refractivity contribution is -0.122. The lowest BCUT2D eigenvalue weighted by Crippen LogP contribution is -2.40. The third-order valence-corrected chi connectivity index (χ3v) is 2.54. The molecule has 0 aromatic heterocycles. The van der Waals surface area contributed by atoms with E-state index < -0.39 is 0 Å². The molecule has 1 fully saturated rings. The van der Waals surface area contributed by atoms with Crippen LogP contribution in [0.4, 0.5) is 0 Å². The second-order valence-electron chi connectivity index (χ2n) is 5.12. The fourth-order valence-electron chi connectivity index (χ4n) is 1.79. The fraction of sp³-hybridized carbons (Fsp3) is 0.909. The Kier molecular flexibility index (Phi) is 3.53. The van der Waals surface area contributed by atoms with E-state index in [1.54, 1.807) is 0 Å². The summed E-state index contributed by atoms with van der Waals surface area (Å²) in [6, 6.07) is 0.435. The van der Waals surface area contributed by atoms with Crippen molar-refractivity contribution in [2.45, 2.75) is 58.0 Å². The van der Waals surface area contributed by atoms with E-state index in [4.69, 9.17) is 5.73 Å². The molecule has 1 aliphatic rings. The zero-order chi connectivity index (χ0) is 10.8. The third-order valence-electron chi connectivity index (χ3n) is 2.54. The van der Waals surface area contributed by atoms with Crippen LogP contribution in [-0.4, -0.2) is 17.5 Å². The van der Waals surface area contributed by atoms with Gasteiger partial charge in [-0.3, -0.25) is 4.79 Å². The maximum Gasteiger partial charge on any atom is 0.222 e. The molecule has 3 nitrogen and oxygen atoms in total. The van der Waals surface area contributed by atoms with Crippen molar-refractivity contribution in [2.75, 3.05) is 0 Å². The zero-order valence-electron chi connectivity index (χ0n) is 9.47. The topological polar surface area (TPSA) is 55.1 Å². The van der Waals surface area contributed by atoms with Crippen molar-refractivity contribution in [2.24, 2.45) is 11.7 Å². The number of rotatable bonds is 5. The second kappa shape index (κ2) is 4.30. The van der Waals surface area contributed by atoms with Gasteiger partial charge in [-0.25, -0.2) is 0 Å². The molecule has 0 radical (unpaired) electrons.